The summed E-state index contributed by atoms with van der Waals surface area (Å²) in [5.41, 5.74) is 1.24. The van der Waals surface area contributed by atoms with Gasteiger partial charge in [0.1, 0.15) is 0 Å². The number of sulfonamides is 1. The van der Waals surface area contributed by atoms with E-state index in [1.807, 2.05) is 48.5 Å². The molecular weight excluding hydrogens is 346 g/mol. The van der Waals surface area contributed by atoms with E-state index >= 15 is 0 Å². The number of benzene rings is 2. The molecule has 6 nitrogen and oxygen atoms in total. The van der Waals surface area contributed by atoms with Crippen molar-refractivity contribution in [1.29, 1.82) is 0 Å². The first-order valence-corrected chi connectivity index (χ1v) is 9.75. The maximum atomic E-state index is 12.8. The third kappa shape index (κ3) is 3.72. The lowest BCUT2D eigenvalue weighted by Crippen LogP contribution is -2.30. The van der Waals surface area contributed by atoms with Gasteiger partial charge in [-0.15, -0.1) is 4.40 Å². The van der Waals surface area contributed by atoms with Crippen LogP contribution in [0.5, 0.6) is 0 Å². The molecule has 0 aliphatic carbocycles. The normalized spacial score (nSPS) is 12.5. The summed E-state index contributed by atoms with van der Waals surface area (Å²) in [4.78, 5) is 12.9. The summed E-state index contributed by atoms with van der Waals surface area (Å²) >= 11 is 1.01. The lowest BCUT2D eigenvalue weighted by Gasteiger charge is -2.01. The molecule has 0 spiro atoms. The van der Waals surface area contributed by atoms with E-state index < -0.39 is 10.0 Å². The first kappa shape index (κ1) is 16.4. The van der Waals surface area contributed by atoms with Gasteiger partial charge in [0.15, 0.2) is 0 Å². The van der Waals surface area contributed by atoms with Crippen molar-refractivity contribution in [3.8, 4) is 5.69 Å². The highest BCUT2D eigenvalue weighted by Crippen LogP contribution is 2.07. The number of rotatable bonds is 4. The summed E-state index contributed by atoms with van der Waals surface area (Å²) in [5, 5.41) is 0. The number of para-hydroxylation sites is 1. The summed E-state index contributed by atoms with van der Waals surface area (Å²) in [7, 11) is -3.62. The number of nitrogens with zero attached hydrogens (tertiary/aromatic N) is 3. The molecule has 0 atom stereocenters. The van der Waals surface area contributed by atoms with Gasteiger partial charge < -0.3 is 0 Å². The lowest BCUT2D eigenvalue weighted by atomic mass is 10.2. The molecule has 124 valence electrons. The van der Waals surface area contributed by atoms with E-state index in [0.29, 0.717) is 5.69 Å². The minimum absolute atomic E-state index is 0.148. The van der Waals surface area contributed by atoms with Crippen molar-refractivity contribution >= 4 is 21.6 Å². The van der Waals surface area contributed by atoms with E-state index in [0.717, 1.165) is 23.4 Å². The van der Waals surface area contributed by atoms with Gasteiger partial charge in [-0.2, -0.15) is 0 Å². The Bertz CT molecular complexity index is 1060. The van der Waals surface area contributed by atoms with Gasteiger partial charge in [-0.25, -0.2) is 17.2 Å². The van der Waals surface area contributed by atoms with E-state index in [-0.39, 0.29) is 17.0 Å². The molecule has 1 aromatic heterocycles. The number of hydrogen-bond acceptors (Lipinski definition) is 4. The summed E-state index contributed by atoms with van der Waals surface area (Å²) in [5.74, 6) is 0. The summed E-state index contributed by atoms with van der Waals surface area (Å²) in [6, 6.07) is 18.4. The van der Waals surface area contributed by atoms with E-state index in [1.165, 1.54) is 8.52 Å². The van der Waals surface area contributed by atoms with E-state index in [1.54, 1.807) is 12.1 Å². The quantitative estimate of drug-likeness (QED) is 0.709. The summed E-state index contributed by atoms with van der Waals surface area (Å²) in [6.45, 7) is 0.254. The van der Waals surface area contributed by atoms with Gasteiger partial charge in [0.05, 0.1) is 18.5 Å². The molecule has 24 heavy (non-hydrogen) atoms. The fraction of sp³-hybridized carbons (Fsp3) is 0.125. The molecule has 0 aliphatic rings. The van der Waals surface area contributed by atoms with E-state index in [2.05, 4.69) is 4.40 Å². The fourth-order valence-electron chi connectivity index (χ4n) is 2.20. The van der Waals surface area contributed by atoms with Gasteiger partial charge in [-0.3, -0.25) is 4.57 Å². The number of hydrogen-bond donors (Lipinski definition) is 0. The predicted octanol–water partition coefficient (Wildman–Crippen LogP) is 1.61. The van der Waals surface area contributed by atoms with Crippen LogP contribution in [0.2, 0.25) is 0 Å². The van der Waals surface area contributed by atoms with Gasteiger partial charge >= 0.3 is 5.69 Å². The molecule has 3 rings (SSSR count). The van der Waals surface area contributed by atoms with Gasteiger partial charge in [-0.1, -0.05) is 48.5 Å². The van der Waals surface area contributed by atoms with Gasteiger partial charge in [-0.05, 0) is 29.2 Å². The van der Waals surface area contributed by atoms with Crippen molar-refractivity contribution in [3.63, 3.8) is 0 Å². The molecule has 3 aromatic rings. The zero-order valence-electron chi connectivity index (χ0n) is 12.9. The van der Waals surface area contributed by atoms with Crippen molar-refractivity contribution < 1.29 is 8.42 Å². The van der Waals surface area contributed by atoms with Crippen LogP contribution >= 0.6 is 11.5 Å². The molecule has 0 N–H and O–H groups in total. The molecule has 0 saturated carbocycles. The van der Waals surface area contributed by atoms with Crippen molar-refractivity contribution in [1.82, 2.24) is 8.52 Å². The molecule has 0 radical (unpaired) electrons. The van der Waals surface area contributed by atoms with Crippen LogP contribution in [0.4, 0.5) is 0 Å². The maximum Gasteiger partial charge on any atom is 0.344 e. The highest BCUT2D eigenvalue weighted by Gasteiger charge is 2.12. The van der Waals surface area contributed by atoms with Crippen LogP contribution in [-0.4, -0.2) is 23.2 Å². The van der Waals surface area contributed by atoms with Crippen molar-refractivity contribution in [2.24, 2.45) is 4.40 Å². The van der Waals surface area contributed by atoms with Gasteiger partial charge in [0, 0.05) is 0 Å². The molecule has 1 heterocycles. The highest BCUT2D eigenvalue weighted by molar-refractivity contribution is 7.89. The lowest BCUT2D eigenvalue weighted by molar-refractivity contribution is 0.601. The first-order chi connectivity index (χ1) is 11.4. The second-order valence-electron chi connectivity index (χ2n) is 5.18. The zero-order valence-corrected chi connectivity index (χ0v) is 14.5. The average molecular weight is 361 g/mol. The fourth-order valence-corrected chi connectivity index (χ4v) is 3.93. The SMILES string of the molecule is CS(=O)(=O)/N=c1\sn(-c2ccccc2)c(=O)n1Cc1ccccc1. The Hall–Kier alpha value is -2.45. The molecule has 0 aliphatic heterocycles. The largest absolute Gasteiger partial charge is 0.344 e. The smallest absolute Gasteiger partial charge is 0.262 e. The maximum absolute atomic E-state index is 12.8. The topological polar surface area (TPSA) is 73.4 Å². The van der Waals surface area contributed by atoms with Crippen molar-refractivity contribution in [3.05, 3.63) is 81.5 Å². The third-order valence-electron chi connectivity index (χ3n) is 3.23. The van der Waals surface area contributed by atoms with Crippen LogP contribution in [0.3, 0.4) is 0 Å². The molecule has 2 aromatic carbocycles. The van der Waals surface area contributed by atoms with Crippen molar-refractivity contribution in [2.75, 3.05) is 6.26 Å². The molecule has 8 heteroatoms. The Balaban J connectivity index is 2.21. The van der Waals surface area contributed by atoms with E-state index in [4.69, 9.17) is 0 Å². The summed E-state index contributed by atoms with van der Waals surface area (Å²) < 4.78 is 29.7. The van der Waals surface area contributed by atoms with Gasteiger partial charge in [0.25, 0.3) is 10.0 Å². The third-order valence-corrected chi connectivity index (χ3v) is 4.87. The molecule has 0 saturated heterocycles. The minimum atomic E-state index is -3.62. The Kier molecular flexibility index (Phi) is 4.50. The standard InChI is InChI=1S/C16H15N3O3S2/c1-24(21,22)17-15-18(12-13-8-4-2-5-9-13)16(20)19(23-15)14-10-6-3-7-11-14/h2-11H,12H2,1H3/b17-15-. The van der Waals surface area contributed by atoms with Crippen LogP contribution in [0, 0.1) is 0 Å². The van der Waals surface area contributed by atoms with Crippen LogP contribution < -0.4 is 10.5 Å². The Labute approximate surface area is 143 Å². The van der Waals surface area contributed by atoms with Crippen LogP contribution in [0.1, 0.15) is 5.56 Å². The molecular formula is C16H15N3O3S2. The summed E-state index contributed by atoms with van der Waals surface area (Å²) in [6.07, 6.45) is 1.01. The highest BCUT2D eigenvalue weighted by atomic mass is 32.2. The number of aromatic nitrogens is 2. The zero-order chi connectivity index (χ0) is 17.2. The van der Waals surface area contributed by atoms with E-state index in [9.17, 15) is 13.2 Å². The Morgan fingerprint density at radius 1 is 1.00 bits per heavy atom. The molecule has 0 fully saturated rings. The van der Waals surface area contributed by atoms with Crippen LogP contribution in [-0.2, 0) is 16.6 Å². The second-order valence-corrected chi connectivity index (χ2v) is 7.74. The molecule has 0 unspecified atom stereocenters. The molecule has 0 bridgehead atoms. The Morgan fingerprint density at radius 3 is 2.17 bits per heavy atom. The van der Waals surface area contributed by atoms with Crippen LogP contribution in [0.25, 0.3) is 5.69 Å². The average Bonchev–Trinajstić information content (AvgIpc) is 2.84. The van der Waals surface area contributed by atoms with Crippen LogP contribution in [0.15, 0.2) is 69.9 Å². The minimum Gasteiger partial charge on any atom is -0.262 e. The second kappa shape index (κ2) is 6.58. The Morgan fingerprint density at radius 2 is 1.58 bits per heavy atom. The molecule has 0 amide bonds. The van der Waals surface area contributed by atoms with Gasteiger partial charge in [0.2, 0.25) is 4.80 Å². The first-order valence-electron chi connectivity index (χ1n) is 7.12. The predicted molar refractivity (Wildman–Crippen MR) is 93.9 cm³/mol. The van der Waals surface area contributed by atoms with Crippen molar-refractivity contribution in [2.45, 2.75) is 6.54 Å². The monoisotopic (exact) mass is 361 g/mol.